The van der Waals surface area contributed by atoms with Gasteiger partial charge in [0.25, 0.3) is 0 Å². The van der Waals surface area contributed by atoms with Crippen LogP contribution < -0.4 is 5.32 Å². The number of carbonyl (C=O) groups is 2. The van der Waals surface area contributed by atoms with Gasteiger partial charge in [0.15, 0.2) is 0 Å². The van der Waals surface area contributed by atoms with E-state index in [2.05, 4.69) is 5.32 Å². The van der Waals surface area contributed by atoms with E-state index >= 15 is 0 Å². The summed E-state index contributed by atoms with van der Waals surface area (Å²) in [6, 6.07) is 8.25. The molecule has 0 aromatic heterocycles. The van der Waals surface area contributed by atoms with Crippen LogP contribution in [0.3, 0.4) is 0 Å². The predicted molar refractivity (Wildman–Crippen MR) is 85.7 cm³/mol. The number of likely N-dealkylation sites (tertiary alicyclic amines) is 1. The van der Waals surface area contributed by atoms with Crippen LogP contribution in [-0.2, 0) is 9.53 Å². The zero-order valence-electron chi connectivity index (χ0n) is 13.6. The molecular weight excluding hydrogens is 294 g/mol. The second kappa shape index (κ2) is 6.69. The van der Waals surface area contributed by atoms with E-state index in [0.29, 0.717) is 24.2 Å². The molecule has 1 saturated heterocycles. The summed E-state index contributed by atoms with van der Waals surface area (Å²) < 4.78 is 5.35. The van der Waals surface area contributed by atoms with Crippen molar-refractivity contribution in [1.82, 2.24) is 4.90 Å². The van der Waals surface area contributed by atoms with Gasteiger partial charge < -0.3 is 10.1 Å². The first kappa shape index (κ1) is 16.8. The first-order chi connectivity index (χ1) is 10.8. The Labute approximate surface area is 136 Å². The van der Waals surface area contributed by atoms with E-state index in [1.165, 1.54) is 4.90 Å². The van der Waals surface area contributed by atoms with Crippen LogP contribution in [0.15, 0.2) is 24.3 Å². The quantitative estimate of drug-likeness (QED) is 0.909. The molecule has 1 aromatic carbocycles. The van der Waals surface area contributed by atoms with E-state index in [0.717, 1.165) is 6.42 Å². The van der Waals surface area contributed by atoms with E-state index < -0.39 is 17.7 Å². The molecule has 1 aliphatic heterocycles. The summed E-state index contributed by atoms with van der Waals surface area (Å²) in [5, 5.41) is 11.8. The summed E-state index contributed by atoms with van der Waals surface area (Å²) in [6.45, 7) is 5.87. The lowest BCUT2D eigenvalue weighted by molar-refractivity contribution is -0.120. The average molecular weight is 315 g/mol. The molecule has 1 fully saturated rings. The Morgan fingerprint density at radius 1 is 1.35 bits per heavy atom. The second-order valence-corrected chi connectivity index (χ2v) is 6.48. The third kappa shape index (κ3) is 4.22. The smallest absolute Gasteiger partial charge is 0.410 e. The molecule has 1 atom stereocenters. The van der Waals surface area contributed by atoms with E-state index in [4.69, 9.17) is 10.00 Å². The third-order valence-electron chi connectivity index (χ3n) is 3.49. The number of nitrogens with one attached hydrogen (secondary N) is 1. The molecule has 1 unspecified atom stereocenters. The molecule has 0 radical (unpaired) electrons. The van der Waals surface area contributed by atoms with Crippen LogP contribution in [0.25, 0.3) is 0 Å². The van der Waals surface area contributed by atoms with Crippen molar-refractivity contribution in [2.45, 2.75) is 45.3 Å². The number of amides is 2. The largest absolute Gasteiger partial charge is 0.444 e. The molecule has 1 N–H and O–H groups in total. The number of ether oxygens (including phenoxy) is 1. The molecule has 6 heteroatoms. The summed E-state index contributed by atoms with van der Waals surface area (Å²) in [6.07, 6.45) is 0.848. The van der Waals surface area contributed by atoms with E-state index in [1.54, 1.807) is 45.0 Å². The van der Waals surface area contributed by atoms with Gasteiger partial charge in [0.2, 0.25) is 5.91 Å². The Bertz CT molecular complexity index is 643. The first-order valence-electron chi connectivity index (χ1n) is 7.61. The number of benzene rings is 1. The van der Waals surface area contributed by atoms with Crippen LogP contribution in [0, 0.1) is 11.3 Å². The molecule has 1 aliphatic rings. The lowest BCUT2D eigenvalue weighted by Gasteiger charge is -2.28. The maximum absolute atomic E-state index is 12.5. The van der Waals surface area contributed by atoms with E-state index in [1.807, 2.05) is 6.07 Å². The van der Waals surface area contributed by atoms with Gasteiger partial charge in [0, 0.05) is 6.54 Å². The van der Waals surface area contributed by atoms with Gasteiger partial charge in [0.1, 0.15) is 17.7 Å². The standard InChI is InChI=1S/C17H21N3O3/c1-17(2,3)23-16(22)20-10-6-9-14(20)15(21)19-13-8-5-4-7-12(13)11-18/h4-5,7-8,14H,6,9-10H2,1-3H3,(H,19,21). The van der Waals surface area contributed by atoms with Gasteiger partial charge in [-0.15, -0.1) is 0 Å². The summed E-state index contributed by atoms with van der Waals surface area (Å²) in [5.41, 5.74) is 0.243. The van der Waals surface area contributed by atoms with Crippen molar-refractivity contribution in [2.75, 3.05) is 11.9 Å². The van der Waals surface area contributed by atoms with Gasteiger partial charge in [-0.25, -0.2) is 4.79 Å². The molecule has 2 rings (SSSR count). The Kier molecular flexibility index (Phi) is 4.89. The monoisotopic (exact) mass is 315 g/mol. The molecule has 0 spiro atoms. The summed E-state index contributed by atoms with van der Waals surface area (Å²) in [4.78, 5) is 26.2. The van der Waals surface area contributed by atoms with Crippen molar-refractivity contribution >= 4 is 17.7 Å². The Morgan fingerprint density at radius 2 is 2.04 bits per heavy atom. The number of nitriles is 1. The highest BCUT2D eigenvalue weighted by molar-refractivity contribution is 5.97. The number of rotatable bonds is 2. The second-order valence-electron chi connectivity index (χ2n) is 6.48. The topological polar surface area (TPSA) is 82.4 Å². The maximum Gasteiger partial charge on any atom is 0.410 e. The van der Waals surface area contributed by atoms with Gasteiger partial charge in [-0.05, 0) is 45.7 Å². The number of anilines is 1. The molecule has 1 heterocycles. The molecule has 0 saturated carbocycles. The zero-order chi connectivity index (χ0) is 17.0. The van der Waals surface area contributed by atoms with Crippen LogP contribution in [0.2, 0.25) is 0 Å². The van der Waals surface area contributed by atoms with Crippen molar-refractivity contribution in [3.63, 3.8) is 0 Å². The Morgan fingerprint density at radius 3 is 2.70 bits per heavy atom. The van der Waals surface area contributed by atoms with Gasteiger partial charge in [-0.2, -0.15) is 5.26 Å². The van der Waals surface area contributed by atoms with Crippen LogP contribution in [0.4, 0.5) is 10.5 Å². The highest BCUT2D eigenvalue weighted by Crippen LogP contribution is 2.23. The number of carbonyl (C=O) groups excluding carboxylic acids is 2. The summed E-state index contributed by atoms with van der Waals surface area (Å²) in [5.74, 6) is -0.295. The molecule has 0 bridgehead atoms. The minimum absolute atomic E-state index is 0.295. The number of para-hydroxylation sites is 1. The minimum atomic E-state index is -0.603. The molecule has 122 valence electrons. The Hall–Kier alpha value is -2.55. The van der Waals surface area contributed by atoms with Crippen molar-refractivity contribution in [3.05, 3.63) is 29.8 Å². The van der Waals surface area contributed by atoms with Gasteiger partial charge in [0.05, 0.1) is 11.3 Å². The van der Waals surface area contributed by atoms with Crippen molar-refractivity contribution < 1.29 is 14.3 Å². The van der Waals surface area contributed by atoms with Crippen molar-refractivity contribution in [2.24, 2.45) is 0 Å². The predicted octanol–water partition coefficient (Wildman–Crippen LogP) is 2.90. The number of hydrogen-bond donors (Lipinski definition) is 1. The fourth-order valence-corrected chi connectivity index (χ4v) is 2.48. The number of nitrogens with zero attached hydrogens (tertiary/aromatic N) is 2. The molecule has 2 amide bonds. The van der Waals surface area contributed by atoms with Crippen molar-refractivity contribution in [3.8, 4) is 6.07 Å². The molecule has 1 aromatic rings. The first-order valence-corrected chi connectivity index (χ1v) is 7.61. The molecule has 0 aliphatic carbocycles. The van der Waals surface area contributed by atoms with Crippen LogP contribution in [0.1, 0.15) is 39.2 Å². The van der Waals surface area contributed by atoms with Crippen LogP contribution >= 0.6 is 0 Å². The third-order valence-corrected chi connectivity index (χ3v) is 3.49. The van der Waals surface area contributed by atoms with Gasteiger partial charge >= 0.3 is 6.09 Å². The fraction of sp³-hybridized carbons (Fsp3) is 0.471. The SMILES string of the molecule is CC(C)(C)OC(=O)N1CCCC1C(=O)Nc1ccccc1C#N. The molecule has 6 nitrogen and oxygen atoms in total. The highest BCUT2D eigenvalue weighted by Gasteiger charge is 2.36. The van der Waals surface area contributed by atoms with E-state index in [9.17, 15) is 9.59 Å². The normalized spacial score (nSPS) is 17.5. The highest BCUT2D eigenvalue weighted by atomic mass is 16.6. The van der Waals surface area contributed by atoms with Crippen molar-refractivity contribution in [1.29, 1.82) is 5.26 Å². The summed E-state index contributed by atoms with van der Waals surface area (Å²) >= 11 is 0. The van der Waals surface area contributed by atoms with Crippen LogP contribution in [-0.4, -0.2) is 35.1 Å². The van der Waals surface area contributed by atoms with Crippen LogP contribution in [0.5, 0.6) is 0 Å². The van der Waals surface area contributed by atoms with E-state index in [-0.39, 0.29) is 5.91 Å². The lowest BCUT2D eigenvalue weighted by Crippen LogP contribution is -2.45. The summed E-state index contributed by atoms with van der Waals surface area (Å²) in [7, 11) is 0. The fourth-order valence-electron chi connectivity index (χ4n) is 2.48. The molecular formula is C17H21N3O3. The average Bonchev–Trinajstić information content (AvgIpc) is 2.95. The Balaban J connectivity index is 2.09. The number of hydrogen-bond acceptors (Lipinski definition) is 4. The minimum Gasteiger partial charge on any atom is -0.444 e. The lowest BCUT2D eigenvalue weighted by atomic mass is 10.1. The van der Waals surface area contributed by atoms with Gasteiger partial charge in [-0.1, -0.05) is 12.1 Å². The maximum atomic E-state index is 12.5. The zero-order valence-corrected chi connectivity index (χ0v) is 13.6. The molecule has 23 heavy (non-hydrogen) atoms. The van der Waals surface area contributed by atoms with Gasteiger partial charge in [-0.3, -0.25) is 9.69 Å².